The minimum absolute atomic E-state index is 0. The van der Waals surface area contributed by atoms with Crippen molar-refractivity contribution in [1.29, 1.82) is 0 Å². The van der Waals surface area contributed by atoms with E-state index in [1.807, 2.05) is 0 Å². The molecule has 0 heterocycles. The molecular weight excluding hydrogens is 232 g/mol. The number of rotatable bonds is 2. The first kappa shape index (κ1) is 13.8. The molecule has 2 atom stereocenters. The first-order chi connectivity index (χ1) is 8.83. The topological polar surface area (TPSA) is 31.5 Å². The zero-order valence-electron chi connectivity index (χ0n) is 11.5. The lowest BCUT2D eigenvalue weighted by Gasteiger charge is -2.11. The highest BCUT2D eigenvalue weighted by molar-refractivity contribution is 5.63. The van der Waals surface area contributed by atoms with E-state index >= 15 is 0 Å². The third-order valence-corrected chi connectivity index (χ3v) is 4.18. The van der Waals surface area contributed by atoms with Crippen molar-refractivity contribution in [3.63, 3.8) is 0 Å². The van der Waals surface area contributed by atoms with Crippen molar-refractivity contribution in [3.05, 3.63) is 60.2 Å². The third-order valence-electron chi connectivity index (χ3n) is 4.18. The van der Waals surface area contributed by atoms with Gasteiger partial charge >= 0.3 is 0 Å². The summed E-state index contributed by atoms with van der Waals surface area (Å²) in [4.78, 5) is 0. The van der Waals surface area contributed by atoms with E-state index in [1.54, 1.807) is 0 Å². The van der Waals surface area contributed by atoms with E-state index in [9.17, 15) is 0 Å². The molecule has 1 aliphatic carbocycles. The molecule has 3 rings (SSSR count). The summed E-state index contributed by atoms with van der Waals surface area (Å²) in [6.45, 7) is 2.37. The second-order valence-corrected chi connectivity index (χ2v) is 5.60. The van der Waals surface area contributed by atoms with Gasteiger partial charge in [-0.1, -0.05) is 67.9 Å². The largest absolute Gasteiger partial charge is 0.412 e. The molecule has 100 valence electrons. The summed E-state index contributed by atoms with van der Waals surface area (Å²) in [6.07, 6.45) is 4.13. The van der Waals surface area contributed by atoms with E-state index in [1.165, 1.54) is 36.0 Å². The second-order valence-electron chi connectivity index (χ2n) is 5.60. The van der Waals surface area contributed by atoms with Crippen LogP contribution in [0.25, 0.3) is 11.1 Å². The molecule has 0 amide bonds. The Hall–Kier alpha value is -1.60. The van der Waals surface area contributed by atoms with Crippen molar-refractivity contribution >= 4 is 0 Å². The molecular formula is C18H22O. The maximum absolute atomic E-state index is 2.37. The highest BCUT2D eigenvalue weighted by Crippen LogP contribution is 2.38. The Morgan fingerprint density at radius 2 is 1.42 bits per heavy atom. The van der Waals surface area contributed by atoms with Crippen LogP contribution in [-0.2, 0) is 0 Å². The molecule has 2 N–H and O–H groups in total. The lowest BCUT2D eigenvalue weighted by Crippen LogP contribution is -1.93. The molecule has 0 spiro atoms. The normalized spacial score (nSPS) is 21.9. The van der Waals surface area contributed by atoms with Crippen LogP contribution in [0.3, 0.4) is 0 Å². The Bertz CT molecular complexity index is 501. The minimum Gasteiger partial charge on any atom is -0.412 e. The molecule has 1 fully saturated rings. The van der Waals surface area contributed by atoms with Crippen LogP contribution in [0.5, 0.6) is 0 Å². The molecule has 2 aromatic rings. The Balaban J connectivity index is 0.00000133. The highest BCUT2D eigenvalue weighted by atomic mass is 16.0. The van der Waals surface area contributed by atoms with Crippen LogP contribution in [-0.4, -0.2) is 5.48 Å². The summed E-state index contributed by atoms with van der Waals surface area (Å²) >= 11 is 0. The maximum atomic E-state index is 2.37. The Morgan fingerprint density at radius 1 is 0.789 bits per heavy atom. The summed E-state index contributed by atoms with van der Waals surface area (Å²) in [5, 5.41) is 0. The maximum Gasteiger partial charge on any atom is -0.0159 e. The van der Waals surface area contributed by atoms with Crippen molar-refractivity contribution < 1.29 is 5.48 Å². The third kappa shape index (κ3) is 3.05. The lowest BCUT2D eigenvalue weighted by molar-refractivity contribution is 0.596. The fraction of sp³-hybridized carbons (Fsp3) is 0.333. The summed E-state index contributed by atoms with van der Waals surface area (Å²) in [5.41, 5.74) is 4.16. The predicted molar refractivity (Wildman–Crippen MR) is 81.2 cm³/mol. The van der Waals surface area contributed by atoms with Crippen LogP contribution < -0.4 is 0 Å². The molecule has 0 saturated heterocycles. The van der Waals surface area contributed by atoms with Gasteiger partial charge in [-0.25, -0.2) is 0 Å². The van der Waals surface area contributed by atoms with Gasteiger partial charge in [0.25, 0.3) is 0 Å². The van der Waals surface area contributed by atoms with Crippen molar-refractivity contribution in [2.24, 2.45) is 5.92 Å². The zero-order valence-corrected chi connectivity index (χ0v) is 11.5. The number of hydrogen-bond donors (Lipinski definition) is 0. The summed E-state index contributed by atoms with van der Waals surface area (Å²) in [7, 11) is 0. The average Bonchev–Trinajstić information content (AvgIpc) is 2.87. The Morgan fingerprint density at radius 3 is 2.00 bits per heavy atom. The summed E-state index contributed by atoms with van der Waals surface area (Å²) in [5.74, 6) is 1.70. The minimum atomic E-state index is 0. The smallest absolute Gasteiger partial charge is 0.0159 e. The number of benzene rings is 2. The van der Waals surface area contributed by atoms with Crippen LogP contribution in [0.1, 0.15) is 37.7 Å². The van der Waals surface area contributed by atoms with Gasteiger partial charge in [-0.05, 0) is 41.4 Å². The molecule has 0 aliphatic heterocycles. The van der Waals surface area contributed by atoms with Crippen molar-refractivity contribution in [3.8, 4) is 11.1 Å². The van der Waals surface area contributed by atoms with Crippen LogP contribution in [0.4, 0.5) is 0 Å². The van der Waals surface area contributed by atoms with Crippen molar-refractivity contribution in [2.45, 2.75) is 32.1 Å². The first-order valence-corrected chi connectivity index (χ1v) is 6.98. The molecule has 1 aliphatic rings. The van der Waals surface area contributed by atoms with Gasteiger partial charge in [0.1, 0.15) is 0 Å². The zero-order chi connectivity index (χ0) is 12.4. The standard InChI is InChI=1S/C18H20.H2O/c1-14-7-8-18(13-14)17-11-9-16(10-12-17)15-5-3-2-4-6-15;/h2-6,9-12,14,18H,7-8,13H2,1H3;1H2. The van der Waals surface area contributed by atoms with Gasteiger partial charge in [0.05, 0.1) is 0 Å². The summed E-state index contributed by atoms with van der Waals surface area (Å²) < 4.78 is 0. The van der Waals surface area contributed by atoms with Crippen molar-refractivity contribution in [2.75, 3.05) is 0 Å². The van der Waals surface area contributed by atoms with Gasteiger partial charge in [0, 0.05) is 0 Å². The quantitative estimate of drug-likeness (QED) is 0.759. The van der Waals surface area contributed by atoms with Crippen LogP contribution in [0.15, 0.2) is 54.6 Å². The molecule has 2 unspecified atom stereocenters. The van der Waals surface area contributed by atoms with Gasteiger partial charge in [-0.2, -0.15) is 0 Å². The molecule has 0 aromatic heterocycles. The molecule has 1 heteroatoms. The highest BCUT2D eigenvalue weighted by Gasteiger charge is 2.22. The monoisotopic (exact) mass is 254 g/mol. The molecule has 0 radical (unpaired) electrons. The summed E-state index contributed by atoms with van der Waals surface area (Å²) in [6, 6.07) is 19.8. The molecule has 1 nitrogen and oxygen atoms in total. The van der Waals surface area contributed by atoms with E-state index in [4.69, 9.17) is 0 Å². The van der Waals surface area contributed by atoms with E-state index in [2.05, 4.69) is 61.5 Å². The van der Waals surface area contributed by atoms with Gasteiger partial charge < -0.3 is 5.48 Å². The van der Waals surface area contributed by atoms with E-state index in [0.29, 0.717) is 0 Å². The lowest BCUT2D eigenvalue weighted by atomic mass is 9.94. The van der Waals surface area contributed by atoms with Crippen molar-refractivity contribution in [1.82, 2.24) is 0 Å². The second kappa shape index (κ2) is 6.03. The molecule has 1 saturated carbocycles. The van der Waals surface area contributed by atoms with Crippen LogP contribution in [0.2, 0.25) is 0 Å². The van der Waals surface area contributed by atoms with Crippen LogP contribution in [0, 0.1) is 5.92 Å². The van der Waals surface area contributed by atoms with Gasteiger partial charge in [0.15, 0.2) is 0 Å². The number of hydrogen-bond acceptors (Lipinski definition) is 0. The van der Waals surface area contributed by atoms with E-state index < -0.39 is 0 Å². The Labute approximate surface area is 115 Å². The van der Waals surface area contributed by atoms with Crippen LogP contribution >= 0.6 is 0 Å². The molecule has 2 aromatic carbocycles. The molecule has 19 heavy (non-hydrogen) atoms. The van der Waals surface area contributed by atoms with E-state index in [0.717, 1.165) is 11.8 Å². The molecule has 0 bridgehead atoms. The SMILES string of the molecule is CC1CCC(c2ccc(-c3ccccc3)cc2)C1.O. The van der Waals surface area contributed by atoms with Gasteiger partial charge in [0.2, 0.25) is 0 Å². The predicted octanol–water partition coefficient (Wildman–Crippen LogP) is 4.43. The fourth-order valence-electron chi connectivity index (χ4n) is 3.09. The van der Waals surface area contributed by atoms with Gasteiger partial charge in [-0.15, -0.1) is 0 Å². The fourth-order valence-corrected chi connectivity index (χ4v) is 3.09. The average molecular weight is 254 g/mol. The Kier molecular flexibility index (Phi) is 4.39. The first-order valence-electron chi connectivity index (χ1n) is 6.98. The van der Waals surface area contributed by atoms with Gasteiger partial charge in [-0.3, -0.25) is 0 Å². The van der Waals surface area contributed by atoms with E-state index in [-0.39, 0.29) is 5.48 Å².